The topological polar surface area (TPSA) is 40.6 Å². The first kappa shape index (κ1) is 18.3. The van der Waals surface area contributed by atoms with Crippen molar-refractivity contribution in [3.63, 3.8) is 0 Å². The summed E-state index contributed by atoms with van der Waals surface area (Å²) in [5, 5.41) is 0. The van der Waals surface area contributed by atoms with Gasteiger partial charge in [-0.1, -0.05) is 32.0 Å². The molecule has 2 atom stereocenters. The summed E-state index contributed by atoms with van der Waals surface area (Å²) in [6.07, 6.45) is 3.35. The number of Topliss-reactive ketones (excluding diaryl/α,β-unsaturated/α-hetero) is 2. The van der Waals surface area contributed by atoms with Gasteiger partial charge in [-0.25, -0.2) is 0 Å². The Morgan fingerprint density at radius 1 is 1.16 bits per heavy atom. The van der Waals surface area contributed by atoms with Crippen molar-refractivity contribution in [2.24, 2.45) is 5.92 Å². The van der Waals surface area contributed by atoms with Gasteiger partial charge in [-0.3, -0.25) is 19.4 Å². The second kappa shape index (κ2) is 7.79. The first-order chi connectivity index (χ1) is 11.9. The number of aryl methyl sites for hydroxylation is 1. The Bertz CT molecular complexity index is 641. The van der Waals surface area contributed by atoms with Crippen molar-refractivity contribution < 1.29 is 9.59 Å². The predicted octanol–water partition coefficient (Wildman–Crippen LogP) is 2.81. The van der Waals surface area contributed by atoms with Crippen LogP contribution in [0.25, 0.3) is 0 Å². The van der Waals surface area contributed by atoms with Gasteiger partial charge in [0.15, 0.2) is 5.78 Å². The van der Waals surface area contributed by atoms with Gasteiger partial charge in [-0.15, -0.1) is 0 Å². The Morgan fingerprint density at radius 3 is 2.52 bits per heavy atom. The third-order valence-corrected chi connectivity index (χ3v) is 5.54. The molecule has 2 unspecified atom stereocenters. The van der Waals surface area contributed by atoms with Crippen LogP contribution in [0.2, 0.25) is 0 Å². The van der Waals surface area contributed by atoms with E-state index in [1.807, 2.05) is 26.0 Å². The summed E-state index contributed by atoms with van der Waals surface area (Å²) in [7, 11) is 0. The summed E-state index contributed by atoms with van der Waals surface area (Å²) >= 11 is 0. The molecule has 1 aromatic rings. The summed E-state index contributed by atoms with van der Waals surface area (Å²) in [6.45, 7) is 9.46. The lowest BCUT2D eigenvalue weighted by atomic mass is 9.98. The van der Waals surface area contributed by atoms with Crippen LogP contribution in [-0.2, 0) is 11.2 Å². The molecule has 0 aliphatic carbocycles. The van der Waals surface area contributed by atoms with Gasteiger partial charge in [0.2, 0.25) is 0 Å². The highest BCUT2D eigenvalue weighted by atomic mass is 16.1. The number of rotatable bonds is 8. The zero-order chi connectivity index (χ0) is 18.0. The van der Waals surface area contributed by atoms with Gasteiger partial charge in [0.1, 0.15) is 5.78 Å². The zero-order valence-corrected chi connectivity index (χ0v) is 15.7. The lowest BCUT2D eigenvalue weighted by Gasteiger charge is -2.33. The van der Waals surface area contributed by atoms with Gasteiger partial charge in [-0.2, -0.15) is 0 Å². The molecule has 25 heavy (non-hydrogen) atoms. The SMILES string of the molecule is CC(=O)CN1CC2CC1CN2CCCc1cccc(C(=O)C(C)C)c1. The minimum atomic E-state index is 0.0494. The largest absolute Gasteiger partial charge is 0.299 e. The minimum absolute atomic E-state index is 0.0494. The molecule has 3 rings (SSSR count). The van der Waals surface area contributed by atoms with Crippen LogP contribution >= 0.6 is 0 Å². The van der Waals surface area contributed by atoms with Crippen molar-refractivity contribution in [1.82, 2.24) is 9.80 Å². The first-order valence-corrected chi connectivity index (χ1v) is 9.54. The van der Waals surface area contributed by atoms with E-state index in [0.29, 0.717) is 18.6 Å². The third kappa shape index (κ3) is 4.36. The molecule has 2 saturated heterocycles. The average Bonchev–Trinajstić information content (AvgIpc) is 3.13. The Balaban J connectivity index is 1.46. The molecule has 4 heteroatoms. The molecule has 2 bridgehead atoms. The van der Waals surface area contributed by atoms with Gasteiger partial charge in [0.05, 0.1) is 6.54 Å². The number of fused-ring (bicyclic) bond motifs is 2. The molecule has 0 spiro atoms. The van der Waals surface area contributed by atoms with Gasteiger partial charge in [0.25, 0.3) is 0 Å². The molecule has 2 aliphatic heterocycles. The lowest BCUT2D eigenvalue weighted by molar-refractivity contribution is -0.118. The number of likely N-dealkylation sites (tertiary alicyclic amines) is 2. The summed E-state index contributed by atoms with van der Waals surface area (Å²) in [6, 6.07) is 9.31. The van der Waals surface area contributed by atoms with E-state index in [0.717, 1.165) is 38.0 Å². The van der Waals surface area contributed by atoms with Crippen LogP contribution in [0, 0.1) is 5.92 Å². The molecule has 2 aliphatic rings. The number of hydrogen-bond acceptors (Lipinski definition) is 4. The molecule has 0 radical (unpaired) electrons. The Morgan fingerprint density at radius 2 is 1.88 bits per heavy atom. The molecule has 0 N–H and O–H groups in total. The smallest absolute Gasteiger partial charge is 0.165 e. The minimum Gasteiger partial charge on any atom is -0.299 e. The maximum Gasteiger partial charge on any atom is 0.165 e. The number of benzene rings is 1. The van der Waals surface area contributed by atoms with E-state index in [1.54, 1.807) is 6.92 Å². The lowest BCUT2D eigenvalue weighted by Crippen LogP contribution is -2.47. The number of carbonyl (C=O) groups excluding carboxylic acids is 2. The summed E-state index contributed by atoms with van der Waals surface area (Å²) < 4.78 is 0. The molecule has 2 heterocycles. The van der Waals surface area contributed by atoms with Crippen molar-refractivity contribution in [1.29, 1.82) is 0 Å². The van der Waals surface area contributed by atoms with Gasteiger partial charge < -0.3 is 0 Å². The molecule has 0 aromatic heterocycles. The molecular weight excluding hydrogens is 312 g/mol. The number of nitrogens with zero attached hydrogens (tertiary/aromatic N) is 2. The second-order valence-electron chi connectivity index (χ2n) is 7.99. The number of ketones is 2. The molecule has 2 fully saturated rings. The highest BCUT2D eigenvalue weighted by Gasteiger charge is 2.42. The highest BCUT2D eigenvalue weighted by molar-refractivity contribution is 5.97. The number of piperazine rings is 1. The van der Waals surface area contributed by atoms with Crippen LogP contribution in [0.4, 0.5) is 0 Å². The van der Waals surface area contributed by atoms with E-state index in [-0.39, 0.29) is 17.5 Å². The van der Waals surface area contributed by atoms with Crippen LogP contribution in [0.3, 0.4) is 0 Å². The van der Waals surface area contributed by atoms with Crippen LogP contribution < -0.4 is 0 Å². The molecule has 0 saturated carbocycles. The highest BCUT2D eigenvalue weighted by Crippen LogP contribution is 2.30. The normalized spacial score (nSPS) is 23.5. The second-order valence-corrected chi connectivity index (χ2v) is 7.99. The zero-order valence-electron chi connectivity index (χ0n) is 15.7. The Hall–Kier alpha value is -1.52. The van der Waals surface area contributed by atoms with E-state index < -0.39 is 0 Å². The summed E-state index contributed by atoms with van der Waals surface area (Å²) in [5.41, 5.74) is 2.10. The number of carbonyl (C=O) groups is 2. The predicted molar refractivity (Wildman–Crippen MR) is 100.0 cm³/mol. The fraction of sp³-hybridized carbons (Fsp3) is 0.619. The van der Waals surface area contributed by atoms with Gasteiger partial charge >= 0.3 is 0 Å². The standard InChI is InChI=1S/C21H30N2O2/c1-15(2)21(25)18-8-4-6-17(10-18)7-5-9-22-13-20-11-19(22)14-23(20)12-16(3)24/h4,6,8,10,15,19-20H,5,7,9,11-14H2,1-3H3. The fourth-order valence-corrected chi connectivity index (χ4v) is 4.28. The molecular formula is C21H30N2O2. The maximum atomic E-state index is 12.1. The fourth-order valence-electron chi connectivity index (χ4n) is 4.28. The monoisotopic (exact) mass is 342 g/mol. The van der Waals surface area contributed by atoms with Crippen LogP contribution in [0.1, 0.15) is 49.5 Å². The molecule has 136 valence electrons. The quantitative estimate of drug-likeness (QED) is 0.681. The van der Waals surface area contributed by atoms with Crippen LogP contribution in [-0.4, -0.2) is 59.6 Å². The van der Waals surface area contributed by atoms with Crippen molar-refractivity contribution in [2.45, 2.75) is 52.1 Å². The van der Waals surface area contributed by atoms with E-state index in [9.17, 15) is 9.59 Å². The molecule has 1 aromatic carbocycles. The van der Waals surface area contributed by atoms with E-state index in [2.05, 4.69) is 21.9 Å². The summed E-state index contributed by atoms with van der Waals surface area (Å²) in [5.74, 6) is 0.549. The maximum absolute atomic E-state index is 12.1. The van der Waals surface area contributed by atoms with Gasteiger partial charge in [0, 0.05) is 36.7 Å². The van der Waals surface area contributed by atoms with Crippen LogP contribution in [0.15, 0.2) is 24.3 Å². The van der Waals surface area contributed by atoms with E-state index in [4.69, 9.17) is 0 Å². The Kier molecular flexibility index (Phi) is 5.70. The van der Waals surface area contributed by atoms with Gasteiger partial charge in [-0.05, 0) is 44.4 Å². The van der Waals surface area contributed by atoms with Crippen molar-refractivity contribution in [2.75, 3.05) is 26.2 Å². The first-order valence-electron chi connectivity index (χ1n) is 9.54. The third-order valence-electron chi connectivity index (χ3n) is 5.54. The average molecular weight is 342 g/mol. The number of hydrogen-bond donors (Lipinski definition) is 0. The molecule has 0 amide bonds. The van der Waals surface area contributed by atoms with Crippen molar-refractivity contribution in [3.8, 4) is 0 Å². The van der Waals surface area contributed by atoms with Crippen molar-refractivity contribution in [3.05, 3.63) is 35.4 Å². The van der Waals surface area contributed by atoms with E-state index in [1.165, 1.54) is 12.0 Å². The summed E-state index contributed by atoms with van der Waals surface area (Å²) in [4.78, 5) is 28.4. The molecule has 4 nitrogen and oxygen atoms in total. The van der Waals surface area contributed by atoms with E-state index >= 15 is 0 Å². The Labute approximate surface area is 151 Å². The van der Waals surface area contributed by atoms with Crippen molar-refractivity contribution >= 4 is 11.6 Å². The van der Waals surface area contributed by atoms with Crippen LogP contribution in [0.5, 0.6) is 0 Å².